The van der Waals surface area contributed by atoms with E-state index in [0.29, 0.717) is 17.0 Å². The van der Waals surface area contributed by atoms with Crippen LogP contribution in [-0.2, 0) is 0 Å². The number of aliphatic hydroxyl groups is 2. The molecule has 0 spiro atoms. The monoisotopic (exact) mass is 186 g/mol. The van der Waals surface area contributed by atoms with Gasteiger partial charge in [0.2, 0.25) is 0 Å². The Labute approximate surface area is 76.4 Å². The molecule has 0 saturated carbocycles. The van der Waals surface area contributed by atoms with Crippen molar-refractivity contribution >= 4 is 11.6 Å². The predicted molar refractivity (Wildman–Crippen MR) is 48.1 cm³/mol. The number of halogens is 1. The summed E-state index contributed by atoms with van der Waals surface area (Å²) in [6, 6.07) is 7.08. The molecule has 0 saturated heterocycles. The van der Waals surface area contributed by atoms with E-state index in [2.05, 4.69) is 0 Å². The summed E-state index contributed by atoms with van der Waals surface area (Å²) in [6.07, 6.45) is -0.340. The maximum atomic E-state index is 9.46. The fourth-order valence-electron chi connectivity index (χ4n) is 1.02. The zero-order valence-corrected chi connectivity index (χ0v) is 7.33. The standard InChI is InChI=1S/C9H11ClO2/c10-8-4-2-1-3-7(8)9(12)5-6-11/h1-4,9,11-12H,5-6H2/t9-/m1/s1. The van der Waals surface area contributed by atoms with Gasteiger partial charge in [-0.2, -0.15) is 0 Å². The van der Waals surface area contributed by atoms with Gasteiger partial charge in [0.15, 0.2) is 0 Å². The quantitative estimate of drug-likeness (QED) is 0.755. The molecule has 0 aromatic heterocycles. The van der Waals surface area contributed by atoms with Crippen LogP contribution in [0, 0.1) is 0 Å². The predicted octanol–water partition coefficient (Wildman–Crippen LogP) is 1.76. The topological polar surface area (TPSA) is 40.5 Å². The minimum Gasteiger partial charge on any atom is -0.396 e. The Morgan fingerprint density at radius 1 is 1.33 bits per heavy atom. The smallest absolute Gasteiger partial charge is 0.0826 e. The van der Waals surface area contributed by atoms with Crippen molar-refractivity contribution < 1.29 is 10.2 Å². The minimum absolute atomic E-state index is 0.0353. The van der Waals surface area contributed by atoms with Crippen molar-refractivity contribution in [2.24, 2.45) is 0 Å². The molecule has 1 aromatic carbocycles. The van der Waals surface area contributed by atoms with E-state index >= 15 is 0 Å². The Hall–Kier alpha value is -0.570. The van der Waals surface area contributed by atoms with Crippen molar-refractivity contribution in [3.8, 4) is 0 Å². The van der Waals surface area contributed by atoms with Crippen LogP contribution in [0.3, 0.4) is 0 Å². The van der Waals surface area contributed by atoms with Gasteiger partial charge in [-0.15, -0.1) is 0 Å². The number of rotatable bonds is 3. The lowest BCUT2D eigenvalue weighted by atomic mass is 10.1. The molecule has 0 unspecified atom stereocenters. The molecule has 0 bridgehead atoms. The van der Waals surface area contributed by atoms with Crippen LogP contribution >= 0.6 is 11.6 Å². The second-order valence-electron chi connectivity index (χ2n) is 2.55. The van der Waals surface area contributed by atoms with E-state index in [1.165, 1.54) is 0 Å². The van der Waals surface area contributed by atoms with Crippen LogP contribution < -0.4 is 0 Å². The van der Waals surface area contributed by atoms with E-state index in [1.54, 1.807) is 18.2 Å². The Morgan fingerprint density at radius 2 is 2.00 bits per heavy atom. The molecule has 0 radical (unpaired) electrons. The zero-order valence-electron chi connectivity index (χ0n) is 6.57. The summed E-state index contributed by atoms with van der Waals surface area (Å²) in [5.41, 5.74) is 0.674. The number of aliphatic hydroxyl groups excluding tert-OH is 2. The highest BCUT2D eigenvalue weighted by atomic mass is 35.5. The first-order valence-electron chi connectivity index (χ1n) is 3.79. The van der Waals surface area contributed by atoms with Crippen molar-refractivity contribution in [2.45, 2.75) is 12.5 Å². The zero-order chi connectivity index (χ0) is 8.97. The Morgan fingerprint density at radius 3 is 2.58 bits per heavy atom. The van der Waals surface area contributed by atoms with Gasteiger partial charge in [-0.05, 0) is 11.6 Å². The number of hydrogen-bond donors (Lipinski definition) is 2. The summed E-state index contributed by atoms with van der Waals surface area (Å²) < 4.78 is 0. The normalized spacial score (nSPS) is 12.9. The molecule has 3 heteroatoms. The molecule has 0 heterocycles. The van der Waals surface area contributed by atoms with Gasteiger partial charge < -0.3 is 10.2 Å². The van der Waals surface area contributed by atoms with Gasteiger partial charge >= 0.3 is 0 Å². The summed E-state index contributed by atoms with van der Waals surface area (Å²) >= 11 is 5.81. The van der Waals surface area contributed by atoms with Crippen molar-refractivity contribution in [3.63, 3.8) is 0 Å². The number of hydrogen-bond acceptors (Lipinski definition) is 2. The van der Waals surface area contributed by atoms with Crippen LogP contribution in [0.1, 0.15) is 18.1 Å². The van der Waals surface area contributed by atoms with Crippen LogP contribution in [0.4, 0.5) is 0 Å². The summed E-state index contributed by atoms with van der Waals surface area (Å²) in [5, 5.41) is 18.6. The van der Waals surface area contributed by atoms with Gasteiger partial charge in [0.25, 0.3) is 0 Å². The lowest BCUT2D eigenvalue weighted by Gasteiger charge is -2.10. The summed E-state index contributed by atoms with van der Waals surface area (Å²) in [5.74, 6) is 0. The third kappa shape index (κ3) is 2.21. The molecule has 1 atom stereocenters. The third-order valence-electron chi connectivity index (χ3n) is 1.67. The Balaban J connectivity index is 2.79. The van der Waals surface area contributed by atoms with E-state index in [0.717, 1.165) is 0 Å². The highest BCUT2D eigenvalue weighted by Crippen LogP contribution is 2.24. The molecule has 0 aliphatic heterocycles. The second-order valence-corrected chi connectivity index (χ2v) is 2.96. The van der Waals surface area contributed by atoms with Gasteiger partial charge in [0.1, 0.15) is 0 Å². The van der Waals surface area contributed by atoms with Gasteiger partial charge in [-0.3, -0.25) is 0 Å². The first-order chi connectivity index (χ1) is 5.75. The van der Waals surface area contributed by atoms with E-state index in [4.69, 9.17) is 16.7 Å². The van der Waals surface area contributed by atoms with Crippen molar-refractivity contribution in [1.82, 2.24) is 0 Å². The maximum Gasteiger partial charge on any atom is 0.0826 e. The molecule has 0 fully saturated rings. The second kappa shape index (κ2) is 4.45. The average molecular weight is 187 g/mol. The van der Waals surface area contributed by atoms with Gasteiger partial charge in [-0.1, -0.05) is 29.8 Å². The fraction of sp³-hybridized carbons (Fsp3) is 0.333. The van der Waals surface area contributed by atoms with E-state index < -0.39 is 6.10 Å². The van der Waals surface area contributed by atoms with Crippen molar-refractivity contribution in [3.05, 3.63) is 34.9 Å². The minimum atomic E-state index is -0.663. The summed E-state index contributed by atoms with van der Waals surface area (Å²) in [4.78, 5) is 0. The number of benzene rings is 1. The largest absolute Gasteiger partial charge is 0.396 e. The summed E-state index contributed by atoms with van der Waals surface area (Å²) in [7, 11) is 0. The fourth-order valence-corrected chi connectivity index (χ4v) is 1.28. The lowest BCUT2D eigenvalue weighted by Crippen LogP contribution is -2.00. The van der Waals surface area contributed by atoms with Crippen LogP contribution in [-0.4, -0.2) is 16.8 Å². The lowest BCUT2D eigenvalue weighted by molar-refractivity contribution is 0.134. The van der Waals surface area contributed by atoms with Gasteiger partial charge in [0, 0.05) is 18.1 Å². The molecule has 1 rings (SSSR count). The molecule has 0 aliphatic carbocycles. The molecule has 1 aromatic rings. The van der Waals surface area contributed by atoms with Gasteiger partial charge in [0.05, 0.1) is 6.10 Å². The molecule has 66 valence electrons. The first-order valence-corrected chi connectivity index (χ1v) is 4.17. The van der Waals surface area contributed by atoms with Crippen LogP contribution in [0.15, 0.2) is 24.3 Å². The first kappa shape index (κ1) is 9.52. The molecule has 0 aliphatic rings. The molecule has 12 heavy (non-hydrogen) atoms. The van der Waals surface area contributed by atoms with E-state index in [-0.39, 0.29) is 6.61 Å². The van der Waals surface area contributed by atoms with E-state index in [1.807, 2.05) is 6.07 Å². The molecular formula is C9H11ClO2. The maximum absolute atomic E-state index is 9.46. The van der Waals surface area contributed by atoms with Crippen molar-refractivity contribution in [1.29, 1.82) is 0 Å². The van der Waals surface area contributed by atoms with Crippen LogP contribution in [0.5, 0.6) is 0 Å². The SMILES string of the molecule is OCC[C@@H](O)c1ccccc1Cl. The average Bonchev–Trinajstić information content (AvgIpc) is 2.05. The van der Waals surface area contributed by atoms with Crippen LogP contribution in [0.2, 0.25) is 5.02 Å². The molecule has 0 amide bonds. The third-order valence-corrected chi connectivity index (χ3v) is 2.01. The molecule has 2 N–H and O–H groups in total. The van der Waals surface area contributed by atoms with Gasteiger partial charge in [-0.25, -0.2) is 0 Å². The molecular weight excluding hydrogens is 176 g/mol. The summed E-state index contributed by atoms with van der Waals surface area (Å²) in [6.45, 7) is -0.0353. The highest BCUT2D eigenvalue weighted by Gasteiger charge is 2.09. The Bertz CT molecular complexity index is 250. The Kier molecular flexibility index (Phi) is 3.53. The van der Waals surface area contributed by atoms with Crippen LogP contribution in [0.25, 0.3) is 0 Å². The van der Waals surface area contributed by atoms with E-state index in [9.17, 15) is 5.11 Å². The molecule has 2 nitrogen and oxygen atoms in total. The van der Waals surface area contributed by atoms with Crippen molar-refractivity contribution in [2.75, 3.05) is 6.61 Å². The highest BCUT2D eigenvalue weighted by molar-refractivity contribution is 6.31.